The number of carbonyl (C=O) groups is 5. The van der Waals surface area contributed by atoms with E-state index in [1.54, 1.807) is 0 Å². The van der Waals surface area contributed by atoms with Crippen molar-refractivity contribution in [3.8, 4) is 0 Å². The average molecular weight is 434 g/mol. The van der Waals surface area contributed by atoms with Crippen LogP contribution in [0.4, 0.5) is 0 Å². The summed E-state index contributed by atoms with van der Waals surface area (Å²) in [7, 11) is 0. The van der Waals surface area contributed by atoms with Gasteiger partial charge in [-0.1, -0.05) is 13.8 Å². The number of hydrogen-bond donors (Lipinski definition) is 7. The molecule has 0 aromatic carbocycles. The minimum absolute atomic E-state index is 0.0714. The Morgan fingerprint density at radius 3 is 1.93 bits per heavy atom. The number of aliphatic carboxylic acids is 1. The molecule has 11 nitrogen and oxygen atoms in total. The van der Waals surface area contributed by atoms with Crippen LogP contribution in [0.5, 0.6) is 0 Å². The first kappa shape index (κ1) is 26.7. The van der Waals surface area contributed by atoms with Gasteiger partial charge in [-0.2, -0.15) is 12.6 Å². The van der Waals surface area contributed by atoms with Gasteiger partial charge in [0.25, 0.3) is 0 Å². The fraction of sp³-hybridized carbons (Fsp3) is 0.706. The van der Waals surface area contributed by atoms with Crippen LogP contribution in [0.25, 0.3) is 0 Å². The largest absolute Gasteiger partial charge is 0.480 e. The molecule has 0 rings (SSSR count). The Bertz CT molecular complexity index is 615. The lowest BCUT2D eigenvalue weighted by Gasteiger charge is -2.20. The molecule has 4 unspecified atom stereocenters. The van der Waals surface area contributed by atoms with Crippen LogP contribution in [-0.4, -0.2) is 71.2 Å². The number of amides is 4. The monoisotopic (exact) mass is 433 g/mol. The second-order valence-corrected chi connectivity index (χ2v) is 7.42. The molecule has 29 heavy (non-hydrogen) atoms. The van der Waals surface area contributed by atoms with Crippen molar-refractivity contribution in [3.63, 3.8) is 0 Å². The first-order valence-electron chi connectivity index (χ1n) is 9.16. The Morgan fingerprint density at radius 2 is 1.45 bits per heavy atom. The Labute approximate surface area is 175 Å². The fourth-order valence-corrected chi connectivity index (χ4v) is 2.39. The first-order valence-corrected chi connectivity index (χ1v) is 9.79. The van der Waals surface area contributed by atoms with Gasteiger partial charge < -0.3 is 32.1 Å². The molecule has 0 aromatic heterocycles. The number of nitrogens with two attached hydrogens (primary N) is 1. The number of carbonyl (C=O) groups excluding carboxylic acids is 4. The Balaban J connectivity index is 4.49. The third-order valence-corrected chi connectivity index (χ3v) is 4.17. The number of nitrogens with one attached hydrogen (secondary N) is 4. The van der Waals surface area contributed by atoms with Crippen LogP contribution in [0.15, 0.2) is 0 Å². The van der Waals surface area contributed by atoms with Crippen LogP contribution >= 0.6 is 12.6 Å². The quantitative estimate of drug-likeness (QED) is 0.174. The highest BCUT2D eigenvalue weighted by Crippen LogP contribution is 2.02. The van der Waals surface area contributed by atoms with Crippen LogP contribution in [0.2, 0.25) is 0 Å². The molecule has 0 fully saturated rings. The topological polar surface area (TPSA) is 180 Å². The maximum atomic E-state index is 12.0. The van der Waals surface area contributed by atoms with Crippen molar-refractivity contribution < 1.29 is 29.1 Å². The summed E-state index contributed by atoms with van der Waals surface area (Å²) < 4.78 is 0. The van der Waals surface area contributed by atoms with Gasteiger partial charge in [-0.3, -0.25) is 24.0 Å². The zero-order chi connectivity index (χ0) is 22.7. The van der Waals surface area contributed by atoms with Gasteiger partial charge >= 0.3 is 5.97 Å². The maximum absolute atomic E-state index is 12.0. The Morgan fingerprint density at radius 1 is 0.897 bits per heavy atom. The van der Waals surface area contributed by atoms with E-state index < -0.39 is 60.3 Å². The van der Waals surface area contributed by atoms with Gasteiger partial charge in [0, 0.05) is 5.75 Å². The first-order chi connectivity index (χ1) is 13.4. The molecule has 4 amide bonds. The summed E-state index contributed by atoms with van der Waals surface area (Å²) in [5, 5.41) is 18.2. The van der Waals surface area contributed by atoms with Gasteiger partial charge in [0.2, 0.25) is 23.6 Å². The summed E-state index contributed by atoms with van der Waals surface area (Å²) in [5.41, 5.74) is 5.75. The molecule has 0 spiro atoms. The van der Waals surface area contributed by atoms with Gasteiger partial charge in [0.15, 0.2) is 0 Å². The van der Waals surface area contributed by atoms with Gasteiger partial charge in [-0.15, -0.1) is 0 Å². The fourth-order valence-electron chi connectivity index (χ4n) is 2.14. The standard InChI is InChI=1S/C17H31N5O6S/c1-8(2)5-11(18)15(25)20-9(3)14(24)19-6-13(23)22-12(7-29)16(26)21-10(4)17(27)28/h8-12,29H,5-7,18H2,1-4H3,(H,19,24)(H,20,25)(H,21,26)(H,22,23)(H,27,28). The van der Waals surface area contributed by atoms with E-state index in [0.717, 1.165) is 0 Å². The van der Waals surface area contributed by atoms with Crippen molar-refractivity contribution in [3.05, 3.63) is 0 Å². The molecule has 7 N–H and O–H groups in total. The van der Waals surface area contributed by atoms with Gasteiger partial charge in [-0.25, -0.2) is 0 Å². The summed E-state index contributed by atoms with van der Waals surface area (Å²) in [4.78, 5) is 58.6. The molecule has 4 atom stereocenters. The molecular formula is C17H31N5O6S. The average Bonchev–Trinajstić information content (AvgIpc) is 2.62. The summed E-state index contributed by atoms with van der Waals surface area (Å²) in [6.07, 6.45) is 0.469. The second-order valence-electron chi connectivity index (χ2n) is 7.06. The molecule has 0 aromatic rings. The van der Waals surface area contributed by atoms with Crippen molar-refractivity contribution >= 4 is 42.2 Å². The molecule has 0 radical (unpaired) electrons. The second kappa shape index (κ2) is 13.0. The van der Waals surface area contributed by atoms with Crippen LogP contribution in [0.1, 0.15) is 34.1 Å². The molecule has 12 heteroatoms. The number of carboxylic acids is 1. The van der Waals surface area contributed by atoms with Gasteiger partial charge in [0.1, 0.15) is 18.1 Å². The minimum Gasteiger partial charge on any atom is -0.480 e. The molecule has 0 bridgehead atoms. The van der Waals surface area contributed by atoms with Crippen LogP contribution in [-0.2, 0) is 24.0 Å². The zero-order valence-corrected chi connectivity index (χ0v) is 17.9. The van der Waals surface area contributed by atoms with Crippen molar-refractivity contribution in [2.45, 2.75) is 58.3 Å². The van der Waals surface area contributed by atoms with E-state index in [9.17, 15) is 24.0 Å². The molecule has 0 aliphatic heterocycles. The van der Waals surface area contributed by atoms with Crippen molar-refractivity contribution in [2.24, 2.45) is 11.7 Å². The van der Waals surface area contributed by atoms with Crippen molar-refractivity contribution in [2.75, 3.05) is 12.3 Å². The van der Waals surface area contributed by atoms with Gasteiger partial charge in [0.05, 0.1) is 12.6 Å². The number of rotatable bonds is 12. The van der Waals surface area contributed by atoms with Crippen LogP contribution in [0, 0.1) is 5.92 Å². The predicted octanol–water partition coefficient (Wildman–Crippen LogP) is -2.02. The minimum atomic E-state index is -1.22. The molecular weight excluding hydrogens is 402 g/mol. The highest BCUT2D eigenvalue weighted by Gasteiger charge is 2.24. The van der Waals surface area contributed by atoms with Crippen LogP contribution in [0.3, 0.4) is 0 Å². The van der Waals surface area contributed by atoms with E-state index in [1.165, 1.54) is 13.8 Å². The third-order valence-electron chi connectivity index (χ3n) is 3.80. The summed E-state index contributed by atoms with van der Waals surface area (Å²) >= 11 is 3.96. The Hall–Kier alpha value is -2.34. The number of carboxylic acid groups (broad SMARTS) is 1. The Kier molecular flexibility index (Phi) is 11.9. The van der Waals surface area contributed by atoms with E-state index >= 15 is 0 Å². The molecule has 0 saturated carbocycles. The lowest BCUT2D eigenvalue weighted by molar-refractivity contribution is -0.141. The highest BCUT2D eigenvalue weighted by atomic mass is 32.1. The smallest absolute Gasteiger partial charge is 0.325 e. The normalized spacial score (nSPS) is 14.9. The van der Waals surface area contributed by atoms with E-state index in [-0.39, 0.29) is 11.7 Å². The van der Waals surface area contributed by atoms with E-state index in [1.807, 2.05) is 13.8 Å². The lowest BCUT2D eigenvalue weighted by atomic mass is 10.0. The third kappa shape index (κ3) is 10.7. The van der Waals surface area contributed by atoms with E-state index in [0.29, 0.717) is 6.42 Å². The SMILES string of the molecule is CC(C)CC(N)C(=O)NC(C)C(=O)NCC(=O)NC(CS)C(=O)NC(C)C(=O)O. The highest BCUT2D eigenvalue weighted by molar-refractivity contribution is 7.80. The predicted molar refractivity (Wildman–Crippen MR) is 109 cm³/mol. The molecule has 0 heterocycles. The van der Waals surface area contributed by atoms with E-state index in [2.05, 4.69) is 33.9 Å². The maximum Gasteiger partial charge on any atom is 0.325 e. The molecule has 0 aliphatic rings. The number of hydrogen-bond acceptors (Lipinski definition) is 7. The molecule has 166 valence electrons. The van der Waals surface area contributed by atoms with E-state index in [4.69, 9.17) is 10.8 Å². The van der Waals surface area contributed by atoms with Crippen molar-refractivity contribution in [1.29, 1.82) is 0 Å². The zero-order valence-electron chi connectivity index (χ0n) is 17.0. The summed E-state index contributed by atoms with van der Waals surface area (Å²) in [5.74, 6) is -3.53. The molecule has 0 aliphatic carbocycles. The van der Waals surface area contributed by atoms with Gasteiger partial charge in [-0.05, 0) is 26.2 Å². The van der Waals surface area contributed by atoms with Crippen molar-refractivity contribution in [1.82, 2.24) is 21.3 Å². The lowest BCUT2D eigenvalue weighted by Crippen LogP contribution is -2.54. The number of thiol groups is 1. The summed E-state index contributed by atoms with van der Waals surface area (Å²) in [6, 6.07) is -3.85. The molecule has 0 saturated heterocycles. The van der Waals surface area contributed by atoms with Crippen LogP contribution < -0.4 is 27.0 Å². The summed E-state index contributed by atoms with van der Waals surface area (Å²) in [6.45, 7) is 6.12.